The number of rotatable bonds is 6. The van der Waals surface area contributed by atoms with Gasteiger partial charge in [0.1, 0.15) is 4.88 Å². The number of amides is 1. The maximum atomic E-state index is 13.8. The van der Waals surface area contributed by atoms with Crippen molar-refractivity contribution in [3.8, 4) is 0 Å². The van der Waals surface area contributed by atoms with Crippen LogP contribution in [0.2, 0.25) is 10.0 Å². The van der Waals surface area contributed by atoms with Gasteiger partial charge in [0.05, 0.1) is 28.5 Å². The number of ether oxygens (including phenoxy) is 1. The molecular weight excluding hydrogens is 497 g/mol. The van der Waals surface area contributed by atoms with Crippen molar-refractivity contribution in [1.82, 2.24) is 9.88 Å². The SMILES string of the molecule is Cc1c(Cl)ccc2sc(N(CCCN3CCOCC3)C(=O)c3sc4ccccc4c3Cl)nc12. The van der Waals surface area contributed by atoms with Gasteiger partial charge in [0.25, 0.3) is 5.91 Å². The fourth-order valence-electron chi connectivity index (χ4n) is 4.04. The maximum absolute atomic E-state index is 13.8. The summed E-state index contributed by atoms with van der Waals surface area (Å²) >= 11 is 15.9. The van der Waals surface area contributed by atoms with Crippen molar-refractivity contribution >= 4 is 77.2 Å². The number of aromatic nitrogens is 1. The molecule has 9 heteroatoms. The predicted molar refractivity (Wildman–Crippen MR) is 140 cm³/mol. The molecular formula is C24H23Cl2N3O2S2. The van der Waals surface area contributed by atoms with E-state index in [0.29, 0.717) is 26.6 Å². The predicted octanol–water partition coefficient (Wildman–Crippen LogP) is 6.50. The van der Waals surface area contributed by atoms with Gasteiger partial charge >= 0.3 is 0 Å². The Morgan fingerprint density at radius 1 is 1.12 bits per heavy atom. The van der Waals surface area contributed by atoms with Crippen LogP contribution >= 0.6 is 45.9 Å². The number of aryl methyl sites for hydroxylation is 1. The number of thiophene rings is 1. The number of hydrogen-bond acceptors (Lipinski definition) is 6. The van der Waals surface area contributed by atoms with E-state index >= 15 is 0 Å². The molecule has 0 aliphatic carbocycles. The van der Waals surface area contributed by atoms with Gasteiger partial charge in [-0.2, -0.15) is 0 Å². The van der Waals surface area contributed by atoms with Crippen molar-refractivity contribution in [2.45, 2.75) is 13.3 Å². The van der Waals surface area contributed by atoms with E-state index in [1.165, 1.54) is 22.7 Å². The first-order valence-corrected chi connectivity index (χ1v) is 13.3. The number of halogens is 2. The minimum atomic E-state index is -0.106. The molecule has 172 valence electrons. The highest BCUT2D eigenvalue weighted by Gasteiger charge is 2.26. The molecule has 2 aromatic heterocycles. The fraction of sp³-hybridized carbons (Fsp3) is 0.333. The summed E-state index contributed by atoms with van der Waals surface area (Å²) < 4.78 is 7.47. The number of thiazole rings is 1. The van der Waals surface area contributed by atoms with E-state index in [0.717, 1.165) is 65.1 Å². The molecule has 0 unspecified atom stereocenters. The number of anilines is 1. The van der Waals surface area contributed by atoms with Crippen molar-refractivity contribution < 1.29 is 9.53 Å². The number of carbonyl (C=O) groups is 1. The highest BCUT2D eigenvalue weighted by molar-refractivity contribution is 7.23. The fourth-order valence-corrected chi connectivity index (χ4v) is 6.70. The molecule has 1 aliphatic rings. The summed E-state index contributed by atoms with van der Waals surface area (Å²) in [5.74, 6) is -0.106. The highest BCUT2D eigenvalue weighted by atomic mass is 35.5. The summed E-state index contributed by atoms with van der Waals surface area (Å²) in [6.07, 6.45) is 0.837. The second-order valence-corrected chi connectivity index (χ2v) is 10.9. The van der Waals surface area contributed by atoms with Crippen LogP contribution in [0.25, 0.3) is 20.3 Å². The standard InChI is InChI=1S/C24H23Cl2N3O2S2/c1-15-17(25)7-8-19-21(15)27-24(33-19)29(10-4-9-28-11-13-31-14-12-28)23(30)22-20(26)16-5-2-3-6-18(16)32-22/h2-3,5-8H,4,9-14H2,1H3. The molecule has 0 spiro atoms. The van der Waals surface area contributed by atoms with Crippen LogP contribution in [0, 0.1) is 6.92 Å². The Labute approximate surface area is 210 Å². The summed E-state index contributed by atoms with van der Waals surface area (Å²) in [7, 11) is 0. The van der Waals surface area contributed by atoms with Crippen molar-refractivity contribution in [2.24, 2.45) is 0 Å². The van der Waals surface area contributed by atoms with E-state index in [2.05, 4.69) is 4.90 Å². The van der Waals surface area contributed by atoms with Crippen LogP contribution < -0.4 is 4.90 Å². The summed E-state index contributed by atoms with van der Waals surface area (Å²) in [4.78, 5) is 23.4. The monoisotopic (exact) mass is 519 g/mol. The van der Waals surface area contributed by atoms with Crippen molar-refractivity contribution in [2.75, 3.05) is 44.3 Å². The van der Waals surface area contributed by atoms with Gasteiger partial charge in [-0.25, -0.2) is 4.98 Å². The molecule has 0 N–H and O–H groups in total. The van der Waals surface area contributed by atoms with Crippen molar-refractivity contribution in [3.63, 3.8) is 0 Å². The van der Waals surface area contributed by atoms with Crippen LogP contribution in [0.3, 0.4) is 0 Å². The molecule has 4 aromatic rings. The normalized spacial score (nSPS) is 14.9. The van der Waals surface area contributed by atoms with Gasteiger partial charge in [-0.3, -0.25) is 14.6 Å². The van der Waals surface area contributed by atoms with Gasteiger partial charge in [0, 0.05) is 41.3 Å². The first-order valence-electron chi connectivity index (χ1n) is 10.9. The lowest BCUT2D eigenvalue weighted by Gasteiger charge is -2.27. The van der Waals surface area contributed by atoms with Gasteiger partial charge in [-0.05, 0) is 37.1 Å². The van der Waals surface area contributed by atoms with E-state index in [1.807, 2.05) is 43.3 Å². The van der Waals surface area contributed by atoms with Crippen LogP contribution in [0.15, 0.2) is 36.4 Å². The molecule has 5 rings (SSSR count). The first kappa shape index (κ1) is 23.0. The lowest BCUT2D eigenvalue weighted by molar-refractivity contribution is 0.0376. The summed E-state index contributed by atoms with van der Waals surface area (Å²) in [5.41, 5.74) is 1.77. The molecule has 3 heterocycles. The maximum Gasteiger partial charge on any atom is 0.271 e. The zero-order valence-electron chi connectivity index (χ0n) is 18.1. The van der Waals surface area contributed by atoms with E-state index in [9.17, 15) is 4.79 Å². The molecule has 33 heavy (non-hydrogen) atoms. The molecule has 1 saturated heterocycles. The molecule has 2 aromatic carbocycles. The zero-order chi connectivity index (χ0) is 22.9. The van der Waals surface area contributed by atoms with Gasteiger partial charge in [0.15, 0.2) is 5.13 Å². The molecule has 0 bridgehead atoms. The lowest BCUT2D eigenvalue weighted by Crippen LogP contribution is -2.39. The number of hydrogen-bond donors (Lipinski definition) is 0. The Kier molecular flexibility index (Phi) is 6.88. The van der Waals surface area contributed by atoms with Crippen LogP contribution in [-0.4, -0.2) is 55.2 Å². The number of carbonyl (C=O) groups excluding carboxylic acids is 1. The largest absolute Gasteiger partial charge is 0.379 e. The smallest absolute Gasteiger partial charge is 0.271 e. The van der Waals surface area contributed by atoms with E-state index in [4.69, 9.17) is 32.9 Å². The van der Waals surface area contributed by atoms with E-state index < -0.39 is 0 Å². The van der Waals surface area contributed by atoms with Gasteiger partial charge in [-0.15, -0.1) is 11.3 Å². The number of benzene rings is 2. The minimum Gasteiger partial charge on any atom is -0.379 e. The van der Waals surface area contributed by atoms with Crippen molar-refractivity contribution in [1.29, 1.82) is 0 Å². The lowest BCUT2D eigenvalue weighted by atomic mass is 10.2. The summed E-state index contributed by atoms with van der Waals surface area (Å²) in [5, 5.41) is 2.78. The summed E-state index contributed by atoms with van der Waals surface area (Å²) in [6.45, 7) is 6.80. The van der Waals surface area contributed by atoms with E-state index in [-0.39, 0.29) is 5.91 Å². The van der Waals surface area contributed by atoms with Crippen molar-refractivity contribution in [3.05, 3.63) is 56.9 Å². The molecule has 1 fully saturated rings. The third-order valence-corrected chi connectivity index (χ3v) is 9.02. The van der Waals surface area contributed by atoms with Crippen LogP contribution in [0.1, 0.15) is 21.7 Å². The number of nitrogens with zero attached hydrogens (tertiary/aromatic N) is 3. The molecule has 1 aliphatic heterocycles. The second kappa shape index (κ2) is 9.86. The molecule has 5 nitrogen and oxygen atoms in total. The third kappa shape index (κ3) is 4.63. The minimum absolute atomic E-state index is 0.106. The Morgan fingerprint density at radius 3 is 2.70 bits per heavy atom. The zero-order valence-corrected chi connectivity index (χ0v) is 21.3. The molecule has 0 radical (unpaired) electrons. The Hall–Kier alpha value is -1.74. The third-order valence-electron chi connectivity index (χ3n) is 5.90. The molecule has 1 amide bonds. The molecule has 0 atom stereocenters. The first-order chi connectivity index (χ1) is 16.0. The Bertz CT molecular complexity index is 1310. The molecule has 0 saturated carbocycles. The van der Waals surface area contributed by atoms with Crippen LogP contribution in [0.5, 0.6) is 0 Å². The average molecular weight is 521 g/mol. The highest BCUT2D eigenvalue weighted by Crippen LogP contribution is 2.38. The van der Waals surface area contributed by atoms with Crippen LogP contribution in [-0.2, 0) is 4.74 Å². The van der Waals surface area contributed by atoms with Gasteiger partial charge in [0.2, 0.25) is 0 Å². The number of fused-ring (bicyclic) bond motifs is 2. The number of morpholine rings is 1. The van der Waals surface area contributed by atoms with Gasteiger partial charge < -0.3 is 4.74 Å². The van der Waals surface area contributed by atoms with E-state index in [1.54, 1.807) is 4.90 Å². The second-order valence-electron chi connectivity index (χ2n) is 8.02. The quantitative estimate of drug-likeness (QED) is 0.291. The average Bonchev–Trinajstić information content (AvgIpc) is 3.41. The van der Waals surface area contributed by atoms with Gasteiger partial charge in [-0.1, -0.05) is 52.7 Å². The topological polar surface area (TPSA) is 45.7 Å². The van der Waals surface area contributed by atoms with Crippen LogP contribution in [0.4, 0.5) is 5.13 Å². The Morgan fingerprint density at radius 2 is 1.91 bits per heavy atom. The Balaban J connectivity index is 1.48. The summed E-state index contributed by atoms with van der Waals surface area (Å²) in [6, 6.07) is 11.7.